The van der Waals surface area contributed by atoms with Gasteiger partial charge >= 0.3 is 0 Å². The Kier molecular flexibility index (Phi) is 3.72. The fraction of sp³-hybridized carbons (Fsp3) is 0.471. The molecular formula is C17H19FN4O3. The molecule has 7 nitrogen and oxygen atoms in total. The molecule has 2 aromatic rings. The van der Waals surface area contributed by atoms with E-state index in [9.17, 15) is 9.18 Å². The topological polar surface area (TPSA) is 87.6 Å². The highest BCUT2D eigenvalue weighted by Gasteiger charge is 2.50. The third-order valence-electron chi connectivity index (χ3n) is 5.40. The van der Waals surface area contributed by atoms with Gasteiger partial charge in [0.2, 0.25) is 5.91 Å². The standard InChI is InChI=1S/C17H19FN4O3/c1-25-13-5-11(18)4-12-14(13)19-9-20-15(12)22-7-17(8-22)3-2-10(6-17)16(23)21-24/h4-5,9-10,24H,2-3,6-8H2,1H3,(H,21,23). The number of nitrogens with one attached hydrogen (secondary N) is 1. The number of nitrogens with zero attached hydrogens (tertiary/aromatic N) is 3. The molecule has 8 heteroatoms. The molecule has 0 radical (unpaired) electrons. The monoisotopic (exact) mass is 346 g/mol. The molecule has 1 amide bonds. The number of methoxy groups -OCH3 is 1. The van der Waals surface area contributed by atoms with E-state index in [2.05, 4.69) is 14.9 Å². The van der Waals surface area contributed by atoms with E-state index in [0.717, 1.165) is 32.4 Å². The third kappa shape index (κ3) is 2.57. The number of carbonyl (C=O) groups excluding carboxylic acids is 1. The van der Waals surface area contributed by atoms with Crippen LogP contribution in [0.15, 0.2) is 18.5 Å². The molecule has 1 saturated carbocycles. The molecule has 1 saturated heterocycles. The van der Waals surface area contributed by atoms with Crippen molar-refractivity contribution in [1.82, 2.24) is 15.4 Å². The summed E-state index contributed by atoms with van der Waals surface area (Å²) >= 11 is 0. The number of ether oxygens (including phenoxy) is 1. The predicted molar refractivity (Wildman–Crippen MR) is 88.0 cm³/mol. The van der Waals surface area contributed by atoms with Crippen LogP contribution in [0, 0.1) is 17.2 Å². The summed E-state index contributed by atoms with van der Waals surface area (Å²) in [6, 6.07) is 2.74. The molecule has 2 aliphatic rings. The lowest BCUT2D eigenvalue weighted by Gasteiger charge is -2.49. The molecule has 2 heterocycles. The van der Waals surface area contributed by atoms with Gasteiger partial charge < -0.3 is 9.64 Å². The molecule has 1 aromatic heterocycles. The molecule has 1 aliphatic carbocycles. The Morgan fingerprint density at radius 2 is 2.24 bits per heavy atom. The smallest absolute Gasteiger partial charge is 0.246 e. The number of benzene rings is 1. The molecule has 0 bridgehead atoms. The summed E-state index contributed by atoms with van der Waals surface area (Å²) in [6.45, 7) is 1.51. The second kappa shape index (κ2) is 5.80. The van der Waals surface area contributed by atoms with Crippen LogP contribution in [0.1, 0.15) is 19.3 Å². The van der Waals surface area contributed by atoms with Crippen molar-refractivity contribution in [2.24, 2.45) is 11.3 Å². The first-order valence-electron chi connectivity index (χ1n) is 8.22. The first kappa shape index (κ1) is 16.0. The number of hydrogen-bond donors (Lipinski definition) is 2. The van der Waals surface area contributed by atoms with E-state index in [1.165, 1.54) is 25.6 Å². The van der Waals surface area contributed by atoms with Gasteiger partial charge in [0.1, 0.15) is 29.2 Å². The number of rotatable bonds is 3. The van der Waals surface area contributed by atoms with Gasteiger partial charge in [-0.05, 0) is 25.3 Å². The Hall–Kier alpha value is -2.48. The van der Waals surface area contributed by atoms with Gasteiger partial charge in [-0.15, -0.1) is 0 Å². The van der Waals surface area contributed by atoms with Crippen molar-refractivity contribution in [2.45, 2.75) is 19.3 Å². The molecule has 1 spiro atoms. The number of amides is 1. The van der Waals surface area contributed by atoms with Crippen molar-refractivity contribution in [3.05, 3.63) is 24.3 Å². The summed E-state index contributed by atoms with van der Waals surface area (Å²) in [6.07, 6.45) is 3.91. The van der Waals surface area contributed by atoms with Crippen LogP contribution in [-0.4, -0.2) is 41.3 Å². The fourth-order valence-corrected chi connectivity index (χ4v) is 4.22. The Morgan fingerprint density at radius 1 is 1.44 bits per heavy atom. The van der Waals surface area contributed by atoms with Crippen molar-refractivity contribution in [3.8, 4) is 5.75 Å². The van der Waals surface area contributed by atoms with Gasteiger partial charge in [0.05, 0.1) is 7.11 Å². The molecule has 1 unspecified atom stereocenters. The van der Waals surface area contributed by atoms with Crippen molar-refractivity contribution in [3.63, 3.8) is 0 Å². The van der Waals surface area contributed by atoms with E-state index >= 15 is 0 Å². The minimum absolute atomic E-state index is 0.0614. The maximum absolute atomic E-state index is 13.9. The Labute approximate surface area is 143 Å². The van der Waals surface area contributed by atoms with Crippen LogP contribution in [0.5, 0.6) is 5.75 Å². The molecule has 2 N–H and O–H groups in total. The minimum Gasteiger partial charge on any atom is -0.494 e. The zero-order valence-electron chi connectivity index (χ0n) is 13.8. The average molecular weight is 346 g/mol. The summed E-state index contributed by atoms with van der Waals surface area (Å²) < 4.78 is 19.1. The molecule has 1 atom stereocenters. The Bertz CT molecular complexity index is 838. The van der Waals surface area contributed by atoms with E-state index in [1.807, 2.05) is 0 Å². The van der Waals surface area contributed by atoms with Gasteiger partial charge in [0.25, 0.3) is 0 Å². The van der Waals surface area contributed by atoms with Gasteiger partial charge in [-0.25, -0.2) is 19.8 Å². The highest BCUT2D eigenvalue weighted by atomic mass is 19.1. The highest BCUT2D eigenvalue weighted by Crippen LogP contribution is 2.50. The number of aromatic nitrogens is 2. The van der Waals surface area contributed by atoms with Crippen LogP contribution < -0.4 is 15.1 Å². The highest BCUT2D eigenvalue weighted by molar-refractivity contribution is 5.93. The number of hydroxylamine groups is 1. The number of halogens is 1. The quantitative estimate of drug-likeness (QED) is 0.652. The largest absolute Gasteiger partial charge is 0.494 e. The van der Waals surface area contributed by atoms with Crippen LogP contribution in [-0.2, 0) is 4.79 Å². The maximum Gasteiger partial charge on any atom is 0.246 e. The molecule has 4 rings (SSSR count). The first-order chi connectivity index (χ1) is 12.0. The van der Waals surface area contributed by atoms with Gasteiger partial charge in [0, 0.05) is 35.9 Å². The summed E-state index contributed by atoms with van der Waals surface area (Å²) in [4.78, 5) is 22.3. The number of carbonyl (C=O) groups is 1. The lowest BCUT2D eigenvalue weighted by Crippen LogP contribution is -2.55. The van der Waals surface area contributed by atoms with Crippen LogP contribution in [0.4, 0.5) is 10.2 Å². The number of fused-ring (bicyclic) bond motifs is 1. The number of anilines is 1. The molecule has 2 fully saturated rings. The third-order valence-corrected chi connectivity index (χ3v) is 5.40. The molecule has 132 valence electrons. The lowest BCUT2D eigenvalue weighted by atomic mass is 9.77. The summed E-state index contributed by atoms with van der Waals surface area (Å²) in [7, 11) is 1.49. The minimum atomic E-state index is -0.392. The van der Waals surface area contributed by atoms with Crippen molar-refractivity contribution in [1.29, 1.82) is 0 Å². The van der Waals surface area contributed by atoms with Crippen LogP contribution >= 0.6 is 0 Å². The second-order valence-electron chi connectivity index (χ2n) is 6.97. The Balaban J connectivity index is 1.59. The zero-order chi connectivity index (χ0) is 17.6. The fourth-order valence-electron chi connectivity index (χ4n) is 4.22. The first-order valence-corrected chi connectivity index (χ1v) is 8.22. The predicted octanol–water partition coefficient (Wildman–Crippen LogP) is 1.89. The van der Waals surface area contributed by atoms with E-state index in [4.69, 9.17) is 9.94 Å². The Morgan fingerprint density at radius 3 is 2.96 bits per heavy atom. The van der Waals surface area contributed by atoms with E-state index in [1.54, 1.807) is 5.48 Å². The van der Waals surface area contributed by atoms with Gasteiger partial charge in [-0.1, -0.05) is 0 Å². The van der Waals surface area contributed by atoms with Crippen LogP contribution in [0.3, 0.4) is 0 Å². The van der Waals surface area contributed by atoms with E-state index < -0.39 is 5.82 Å². The molecule has 25 heavy (non-hydrogen) atoms. The summed E-state index contributed by atoms with van der Waals surface area (Å²) in [5, 5.41) is 9.43. The van der Waals surface area contributed by atoms with Gasteiger partial charge in [0.15, 0.2) is 0 Å². The average Bonchev–Trinajstić information content (AvgIpc) is 3.04. The van der Waals surface area contributed by atoms with E-state index in [0.29, 0.717) is 22.5 Å². The zero-order valence-corrected chi connectivity index (χ0v) is 13.8. The normalized spacial score (nSPS) is 21.4. The lowest BCUT2D eigenvalue weighted by molar-refractivity contribution is -0.133. The SMILES string of the molecule is COc1cc(F)cc2c(N3CC4(CCC(C(=O)NO)C4)C3)ncnc12. The van der Waals surface area contributed by atoms with E-state index in [-0.39, 0.29) is 17.2 Å². The van der Waals surface area contributed by atoms with Gasteiger partial charge in [-0.3, -0.25) is 10.0 Å². The summed E-state index contributed by atoms with van der Waals surface area (Å²) in [5.41, 5.74) is 2.39. The molecule has 1 aliphatic heterocycles. The molecular weight excluding hydrogens is 327 g/mol. The van der Waals surface area contributed by atoms with Gasteiger partial charge in [-0.2, -0.15) is 0 Å². The van der Waals surface area contributed by atoms with Crippen molar-refractivity contribution >= 4 is 22.6 Å². The molecule has 1 aromatic carbocycles. The van der Waals surface area contributed by atoms with Crippen molar-refractivity contribution < 1.29 is 19.1 Å². The summed E-state index contributed by atoms with van der Waals surface area (Å²) in [5.74, 6) is 0.218. The van der Waals surface area contributed by atoms with Crippen molar-refractivity contribution in [2.75, 3.05) is 25.1 Å². The maximum atomic E-state index is 13.9. The number of hydrogen-bond acceptors (Lipinski definition) is 6. The van der Waals surface area contributed by atoms with Crippen LogP contribution in [0.2, 0.25) is 0 Å². The second-order valence-corrected chi connectivity index (χ2v) is 6.97. The van der Waals surface area contributed by atoms with Crippen LogP contribution in [0.25, 0.3) is 10.9 Å².